The Balaban J connectivity index is 1.56. The Morgan fingerprint density at radius 2 is 0.766 bits per heavy atom. The zero-order chi connectivity index (χ0) is 31.9. The summed E-state index contributed by atoms with van der Waals surface area (Å²) in [7, 11) is 0. The Kier molecular flexibility index (Phi) is 6.47. The molecule has 4 aromatic heterocycles. The van der Waals surface area contributed by atoms with Gasteiger partial charge in [-0.3, -0.25) is 0 Å². The maximum Gasteiger partial charge on any atom is 0.0991 e. The van der Waals surface area contributed by atoms with E-state index in [1.807, 2.05) is 103 Å². The number of nitrogens with zero attached hydrogens (tertiary/aromatic N) is 4. The van der Waals surface area contributed by atoms with Gasteiger partial charge >= 0.3 is 0 Å². The Bertz CT molecular complexity index is 2680. The fourth-order valence-corrected chi connectivity index (χ4v) is 6.30. The molecule has 8 bridgehead atoms. The van der Waals surface area contributed by atoms with E-state index in [0.717, 1.165) is 77.9 Å². The minimum Gasteiger partial charge on any atom is -0.354 e. The van der Waals surface area contributed by atoms with Crippen molar-refractivity contribution in [3.63, 3.8) is 0 Å². The molecule has 218 valence electrons. The number of nitrogens with one attached hydrogen (secondary N) is 3. The Hall–Kier alpha value is -7.14. The first-order valence-electron chi connectivity index (χ1n) is 15.0. The van der Waals surface area contributed by atoms with Gasteiger partial charge in [-0.15, -0.1) is 0 Å². The predicted octanol–water partition coefficient (Wildman–Crippen LogP) is 9.31. The second-order valence-electron chi connectivity index (χ2n) is 11.3. The third kappa shape index (κ3) is 4.80. The zero-order valence-electron chi connectivity index (χ0n) is 24.8. The summed E-state index contributed by atoms with van der Waals surface area (Å²) in [4.78, 5) is 16.0. The van der Waals surface area contributed by atoms with Crippen molar-refractivity contribution in [3.8, 4) is 51.6 Å². The number of nitriles is 3. The largest absolute Gasteiger partial charge is 0.354 e. The summed E-state index contributed by atoms with van der Waals surface area (Å²) in [6, 6.07) is 41.6. The van der Waals surface area contributed by atoms with Crippen LogP contribution in [0.2, 0.25) is 0 Å². The molecular formula is C40H23N7. The van der Waals surface area contributed by atoms with Crippen LogP contribution in [0.15, 0.2) is 109 Å². The number of hydrogen-bond donors (Lipinski definition) is 3. The van der Waals surface area contributed by atoms with Crippen molar-refractivity contribution in [2.75, 3.05) is 0 Å². The van der Waals surface area contributed by atoms with Crippen molar-refractivity contribution in [2.45, 2.75) is 0 Å². The van der Waals surface area contributed by atoms with Gasteiger partial charge < -0.3 is 15.0 Å². The predicted molar refractivity (Wildman–Crippen MR) is 186 cm³/mol. The summed E-state index contributed by atoms with van der Waals surface area (Å²) >= 11 is 0. The molecule has 0 atom stereocenters. The molecular weight excluding hydrogens is 578 g/mol. The summed E-state index contributed by atoms with van der Waals surface area (Å²) in [5.41, 5.74) is 13.6. The molecule has 0 aliphatic carbocycles. The molecule has 8 rings (SSSR count). The van der Waals surface area contributed by atoms with E-state index >= 15 is 0 Å². The molecule has 1 aliphatic heterocycles. The van der Waals surface area contributed by atoms with Gasteiger partial charge in [-0.05, 0) is 102 Å². The van der Waals surface area contributed by atoms with E-state index in [1.54, 1.807) is 18.2 Å². The standard InChI is InChI=1S/C40H23N7/c41-21-24-4-1-7-27(18-24)38-32-12-10-30(44-32)31-11-13-33(45-31)39(28-8-2-5-25(19-28)22-42)35-15-17-37(47-35)40(36-16-14-34(38)46-36)29-9-3-6-26(20-29)23-43/h1-20,44,46-47H. The van der Waals surface area contributed by atoms with E-state index in [9.17, 15) is 15.8 Å². The van der Waals surface area contributed by atoms with Crippen LogP contribution < -0.4 is 0 Å². The molecule has 7 aromatic rings. The number of hydrogen-bond acceptors (Lipinski definition) is 4. The van der Waals surface area contributed by atoms with Crippen LogP contribution in [0.4, 0.5) is 0 Å². The number of rotatable bonds is 3. The summed E-state index contributed by atoms with van der Waals surface area (Å²) in [6.45, 7) is 0. The number of aromatic amines is 3. The highest BCUT2D eigenvalue weighted by atomic mass is 14.8. The Morgan fingerprint density at radius 3 is 1.21 bits per heavy atom. The van der Waals surface area contributed by atoms with Gasteiger partial charge in [0.15, 0.2) is 0 Å². The first-order valence-corrected chi connectivity index (χ1v) is 15.0. The highest BCUT2D eigenvalue weighted by Gasteiger charge is 2.16. The van der Waals surface area contributed by atoms with E-state index in [2.05, 4.69) is 33.2 Å². The highest BCUT2D eigenvalue weighted by Crippen LogP contribution is 2.36. The minimum atomic E-state index is 0.554. The second kappa shape index (κ2) is 11.1. The van der Waals surface area contributed by atoms with E-state index < -0.39 is 0 Å². The minimum absolute atomic E-state index is 0.554. The average Bonchev–Trinajstić information content (AvgIpc) is 3.95. The van der Waals surface area contributed by atoms with Gasteiger partial charge in [0.25, 0.3) is 0 Å². The molecule has 0 saturated heterocycles. The summed E-state index contributed by atoms with van der Waals surface area (Å²) in [5.74, 6) is 0. The first-order chi connectivity index (χ1) is 23.1. The molecule has 0 amide bonds. The lowest BCUT2D eigenvalue weighted by Crippen LogP contribution is -1.87. The van der Waals surface area contributed by atoms with Crippen molar-refractivity contribution >= 4 is 45.3 Å². The fraction of sp³-hybridized carbons (Fsp3) is 0. The molecule has 3 N–H and O–H groups in total. The van der Waals surface area contributed by atoms with Crippen molar-refractivity contribution < 1.29 is 0 Å². The Labute approximate surface area is 269 Å². The first kappa shape index (κ1) is 27.4. The molecule has 47 heavy (non-hydrogen) atoms. The van der Waals surface area contributed by atoms with Crippen LogP contribution in [-0.4, -0.2) is 19.9 Å². The SMILES string of the molecule is N#Cc1cccc(-c2c3nc(c4ccc([nH]4)c(-c4cccc(C#N)c4)c4ccc([nH]4)c(-c4cccc(C#N)c4)c4ccc2[nH]4)C=C3)c1. The zero-order valence-corrected chi connectivity index (χ0v) is 24.8. The van der Waals surface area contributed by atoms with E-state index in [-0.39, 0.29) is 0 Å². The molecule has 0 fully saturated rings. The van der Waals surface area contributed by atoms with Crippen molar-refractivity contribution in [1.29, 1.82) is 15.8 Å². The van der Waals surface area contributed by atoms with Crippen LogP contribution in [0.1, 0.15) is 28.1 Å². The van der Waals surface area contributed by atoms with Gasteiger partial charge in [0.05, 0.1) is 51.8 Å². The number of fused-ring (bicyclic) bond motifs is 9. The summed E-state index contributed by atoms with van der Waals surface area (Å²) in [5, 5.41) is 29.1. The highest BCUT2D eigenvalue weighted by molar-refractivity contribution is 6.00. The van der Waals surface area contributed by atoms with Crippen LogP contribution in [0, 0.1) is 34.0 Å². The van der Waals surface area contributed by atoms with Crippen molar-refractivity contribution in [3.05, 3.63) is 137 Å². The van der Waals surface area contributed by atoms with Gasteiger partial charge in [0.2, 0.25) is 0 Å². The average molecular weight is 602 g/mol. The van der Waals surface area contributed by atoms with Gasteiger partial charge in [-0.1, -0.05) is 36.4 Å². The third-order valence-corrected chi connectivity index (χ3v) is 8.42. The van der Waals surface area contributed by atoms with Crippen LogP contribution in [0.25, 0.3) is 78.6 Å². The lowest BCUT2D eigenvalue weighted by atomic mass is 10.0. The van der Waals surface area contributed by atoms with Crippen LogP contribution >= 0.6 is 0 Å². The van der Waals surface area contributed by atoms with Gasteiger partial charge in [-0.25, -0.2) is 4.98 Å². The number of H-pyrrole nitrogens is 3. The van der Waals surface area contributed by atoms with Crippen LogP contribution in [-0.2, 0) is 0 Å². The Morgan fingerprint density at radius 1 is 0.404 bits per heavy atom. The smallest absolute Gasteiger partial charge is 0.0991 e. The summed E-state index contributed by atoms with van der Waals surface area (Å²) in [6.07, 6.45) is 3.98. The van der Waals surface area contributed by atoms with Crippen molar-refractivity contribution in [2.24, 2.45) is 0 Å². The molecule has 0 unspecified atom stereocenters. The molecule has 0 spiro atoms. The van der Waals surface area contributed by atoms with Gasteiger partial charge in [0.1, 0.15) is 0 Å². The normalized spacial score (nSPS) is 11.3. The lowest BCUT2D eigenvalue weighted by Gasteiger charge is -2.06. The topological polar surface area (TPSA) is 132 Å². The molecule has 0 saturated carbocycles. The van der Waals surface area contributed by atoms with Gasteiger partial charge in [-0.2, -0.15) is 15.8 Å². The van der Waals surface area contributed by atoms with Crippen LogP contribution in [0.5, 0.6) is 0 Å². The van der Waals surface area contributed by atoms with E-state index in [0.29, 0.717) is 16.7 Å². The summed E-state index contributed by atoms with van der Waals surface area (Å²) < 4.78 is 0. The molecule has 7 nitrogen and oxygen atoms in total. The van der Waals surface area contributed by atoms with Crippen molar-refractivity contribution in [1.82, 2.24) is 19.9 Å². The second-order valence-corrected chi connectivity index (χ2v) is 11.3. The number of benzene rings is 3. The molecule has 0 radical (unpaired) electrons. The molecule has 1 aliphatic rings. The maximum atomic E-state index is 9.75. The van der Waals surface area contributed by atoms with E-state index in [1.165, 1.54) is 0 Å². The molecule has 7 heteroatoms. The quantitative estimate of drug-likeness (QED) is 0.186. The monoisotopic (exact) mass is 601 g/mol. The maximum absolute atomic E-state index is 9.75. The third-order valence-electron chi connectivity index (χ3n) is 8.42. The van der Waals surface area contributed by atoms with Crippen LogP contribution in [0.3, 0.4) is 0 Å². The molecule has 5 heterocycles. The lowest BCUT2D eigenvalue weighted by molar-refractivity contribution is 1.32. The van der Waals surface area contributed by atoms with Gasteiger partial charge in [0, 0.05) is 44.3 Å². The number of aromatic nitrogens is 4. The molecule has 3 aromatic carbocycles. The van der Waals surface area contributed by atoms with E-state index in [4.69, 9.17) is 4.98 Å². The fourth-order valence-electron chi connectivity index (χ4n) is 6.30.